The summed E-state index contributed by atoms with van der Waals surface area (Å²) in [5, 5.41) is 4.29. The molecule has 2 aromatic carbocycles. The zero-order valence-electron chi connectivity index (χ0n) is 14.5. The van der Waals surface area contributed by atoms with Gasteiger partial charge in [-0.1, -0.05) is 35.3 Å². The molecule has 1 heterocycles. The van der Waals surface area contributed by atoms with Crippen LogP contribution in [0, 0.1) is 0 Å². The van der Waals surface area contributed by atoms with Crippen LogP contribution < -0.4 is 15.0 Å². The number of hydrogen-bond acceptors (Lipinski definition) is 3. The quantitative estimate of drug-likeness (QED) is 0.852. The number of rotatable bonds is 4. The first kappa shape index (κ1) is 18.7. The second-order valence-corrected chi connectivity index (χ2v) is 6.92. The lowest BCUT2D eigenvalue weighted by Crippen LogP contribution is -2.51. The minimum atomic E-state index is -0.0577. The average molecular weight is 394 g/mol. The van der Waals surface area contributed by atoms with E-state index >= 15 is 0 Å². The van der Waals surface area contributed by atoms with Crippen LogP contribution in [-0.4, -0.2) is 44.2 Å². The number of nitrogens with zero attached hydrogens (tertiary/aromatic N) is 2. The zero-order valence-corrected chi connectivity index (χ0v) is 16.1. The number of carbonyl (C=O) groups is 1. The Morgan fingerprint density at radius 3 is 2.42 bits per heavy atom. The zero-order chi connectivity index (χ0) is 18.5. The highest BCUT2D eigenvalue weighted by Gasteiger charge is 2.22. The topological polar surface area (TPSA) is 44.8 Å². The minimum absolute atomic E-state index is 0.0577. The van der Waals surface area contributed by atoms with Gasteiger partial charge < -0.3 is 19.9 Å². The molecule has 0 atom stereocenters. The maximum atomic E-state index is 12.4. The molecule has 1 N–H and O–H groups in total. The van der Waals surface area contributed by atoms with E-state index in [9.17, 15) is 4.79 Å². The van der Waals surface area contributed by atoms with E-state index in [1.165, 1.54) is 0 Å². The van der Waals surface area contributed by atoms with E-state index in [0.29, 0.717) is 29.7 Å². The fourth-order valence-corrected chi connectivity index (χ4v) is 3.31. The van der Waals surface area contributed by atoms with Gasteiger partial charge in [-0.25, -0.2) is 4.79 Å². The molecular weight excluding hydrogens is 373 g/mol. The number of methoxy groups -OCH3 is 1. The van der Waals surface area contributed by atoms with Crippen LogP contribution in [0.1, 0.15) is 5.56 Å². The smallest absolute Gasteiger partial charge is 0.317 e. The number of ether oxygens (including phenoxy) is 1. The maximum absolute atomic E-state index is 12.4. The van der Waals surface area contributed by atoms with Gasteiger partial charge in [-0.2, -0.15) is 0 Å². The van der Waals surface area contributed by atoms with Crippen molar-refractivity contribution >= 4 is 34.9 Å². The molecule has 1 fully saturated rings. The van der Waals surface area contributed by atoms with Crippen LogP contribution in [-0.2, 0) is 6.54 Å². The van der Waals surface area contributed by atoms with Crippen molar-refractivity contribution < 1.29 is 9.53 Å². The Hall–Kier alpha value is -2.11. The third kappa shape index (κ3) is 4.54. The van der Waals surface area contributed by atoms with Crippen molar-refractivity contribution in [3.8, 4) is 5.75 Å². The summed E-state index contributed by atoms with van der Waals surface area (Å²) in [6, 6.07) is 13.0. The van der Waals surface area contributed by atoms with Gasteiger partial charge in [-0.15, -0.1) is 0 Å². The molecule has 1 saturated heterocycles. The fourth-order valence-electron chi connectivity index (χ4n) is 2.91. The lowest BCUT2D eigenvalue weighted by atomic mass is 10.2. The summed E-state index contributed by atoms with van der Waals surface area (Å²) < 4.78 is 5.13. The van der Waals surface area contributed by atoms with Crippen LogP contribution in [0.4, 0.5) is 10.5 Å². The highest BCUT2D eigenvalue weighted by molar-refractivity contribution is 6.35. The van der Waals surface area contributed by atoms with Crippen molar-refractivity contribution in [2.75, 3.05) is 38.2 Å². The number of benzene rings is 2. The number of amides is 2. The van der Waals surface area contributed by atoms with Gasteiger partial charge in [0.25, 0.3) is 0 Å². The number of anilines is 1. The number of piperazine rings is 1. The van der Waals surface area contributed by atoms with Crippen molar-refractivity contribution in [2.24, 2.45) is 0 Å². The first-order chi connectivity index (χ1) is 12.6. The molecule has 0 spiro atoms. The van der Waals surface area contributed by atoms with Crippen molar-refractivity contribution in [3.05, 3.63) is 58.1 Å². The lowest BCUT2D eigenvalue weighted by molar-refractivity contribution is 0.194. The molecule has 1 aliphatic rings. The highest BCUT2D eigenvalue weighted by Crippen LogP contribution is 2.29. The molecule has 3 rings (SSSR count). The third-order valence-electron chi connectivity index (χ3n) is 4.42. The minimum Gasteiger partial charge on any atom is -0.497 e. The summed E-state index contributed by atoms with van der Waals surface area (Å²) >= 11 is 12.3. The van der Waals surface area contributed by atoms with Crippen molar-refractivity contribution in [3.63, 3.8) is 0 Å². The SMILES string of the molecule is COc1ccc(CNC(=O)N2CCN(c3cc(Cl)ccc3Cl)CC2)cc1. The Labute approximate surface area is 163 Å². The van der Waals surface area contributed by atoms with Gasteiger partial charge in [0.1, 0.15) is 5.75 Å². The third-order valence-corrected chi connectivity index (χ3v) is 4.97. The normalized spacial score (nSPS) is 14.3. The first-order valence-corrected chi connectivity index (χ1v) is 9.18. The molecule has 2 amide bonds. The molecule has 0 aliphatic carbocycles. The van der Waals surface area contributed by atoms with Gasteiger partial charge in [0.05, 0.1) is 17.8 Å². The summed E-state index contributed by atoms with van der Waals surface area (Å²) in [6.07, 6.45) is 0. The standard InChI is InChI=1S/C19H21Cl2N3O2/c1-26-16-5-2-14(3-6-16)13-22-19(25)24-10-8-23(9-11-24)18-12-15(20)4-7-17(18)21/h2-7,12H,8-11,13H2,1H3,(H,22,25). The molecule has 138 valence electrons. The molecular formula is C19H21Cl2N3O2. The molecule has 5 nitrogen and oxygen atoms in total. The fraction of sp³-hybridized carbons (Fsp3) is 0.316. The summed E-state index contributed by atoms with van der Waals surface area (Å²) in [4.78, 5) is 16.4. The second-order valence-electron chi connectivity index (χ2n) is 6.08. The van der Waals surface area contributed by atoms with Gasteiger partial charge in [0, 0.05) is 37.7 Å². The molecule has 1 aliphatic heterocycles. The van der Waals surface area contributed by atoms with E-state index in [1.807, 2.05) is 35.2 Å². The lowest BCUT2D eigenvalue weighted by Gasteiger charge is -2.36. The molecule has 0 saturated carbocycles. The Balaban J connectivity index is 1.50. The van der Waals surface area contributed by atoms with E-state index < -0.39 is 0 Å². The van der Waals surface area contributed by atoms with Gasteiger partial charge >= 0.3 is 6.03 Å². The Morgan fingerprint density at radius 1 is 1.08 bits per heavy atom. The Bertz CT molecular complexity index is 760. The Morgan fingerprint density at radius 2 is 1.77 bits per heavy atom. The van der Waals surface area contributed by atoms with E-state index in [4.69, 9.17) is 27.9 Å². The number of hydrogen-bond donors (Lipinski definition) is 1. The van der Waals surface area contributed by atoms with E-state index in [1.54, 1.807) is 19.2 Å². The molecule has 26 heavy (non-hydrogen) atoms. The van der Waals surface area contributed by atoms with Crippen molar-refractivity contribution in [1.82, 2.24) is 10.2 Å². The average Bonchev–Trinajstić information content (AvgIpc) is 2.68. The summed E-state index contributed by atoms with van der Waals surface area (Å²) in [5.74, 6) is 0.802. The predicted molar refractivity (Wildman–Crippen MR) is 105 cm³/mol. The highest BCUT2D eigenvalue weighted by atomic mass is 35.5. The van der Waals surface area contributed by atoms with Crippen molar-refractivity contribution in [2.45, 2.75) is 6.54 Å². The monoisotopic (exact) mass is 393 g/mol. The second kappa shape index (κ2) is 8.52. The molecule has 0 radical (unpaired) electrons. The van der Waals surface area contributed by atoms with Crippen LogP contribution in [0.25, 0.3) is 0 Å². The largest absolute Gasteiger partial charge is 0.497 e. The van der Waals surface area contributed by atoms with Crippen molar-refractivity contribution in [1.29, 1.82) is 0 Å². The van der Waals surface area contributed by atoms with Gasteiger partial charge in [-0.3, -0.25) is 0 Å². The van der Waals surface area contributed by atoms with E-state index in [-0.39, 0.29) is 6.03 Å². The predicted octanol–water partition coefficient (Wildman–Crippen LogP) is 4.03. The molecule has 0 aromatic heterocycles. The van der Waals surface area contributed by atoms with Crippen LogP contribution in [0.5, 0.6) is 5.75 Å². The summed E-state index contributed by atoms with van der Waals surface area (Å²) in [5.41, 5.74) is 1.95. The van der Waals surface area contributed by atoms with Crippen LogP contribution >= 0.6 is 23.2 Å². The van der Waals surface area contributed by atoms with Crippen LogP contribution in [0.2, 0.25) is 10.0 Å². The molecule has 7 heteroatoms. The van der Waals surface area contributed by atoms with Gasteiger partial charge in [0.15, 0.2) is 0 Å². The Kier molecular flexibility index (Phi) is 6.12. The van der Waals surface area contributed by atoms with Gasteiger partial charge in [-0.05, 0) is 35.9 Å². The number of halogens is 2. The number of carbonyl (C=O) groups excluding carboxylic acids is 1. The molecule has 0 unspecified atom stereocenters. The van der Waals surface area contributed by atoms with Crippen LogP contribution in [0.15, 0.2) is 42.5 Å². The van der Waals surface area contributed by atoms with Gasteiger partial charge in [0.2, 0.25) is 0 Å². The summed E-state index contributed by atoms with van der Waals surface area (Å²) in [6.45, 7) is 3.20. The maximum Gasteiger partial charge on any atom is 0.317 e. The number of urea groups is 1. The van der Waals surface area contributed by atoms with E-state index in [2.05, 4.69) is 10.2 Å². The number of nitrogens with one attached hydrogen (secondary N) is 1. The van der Waals surface area contributed by atoms with E-state index in [0.717, 1.165) is 30.1 Å². The molecule has 2 aromatic rings. The molecule has 0 bridgehead atoms. The summed E-state index contributed by atoms with van der Waals surface area (Å²) in [7, 11) is 1.63. The van der Waals surface area contributed by atoms with Crippen LogP contribution in [0.3, 0.4) is 0 Å². The first-order valence-electron chi connectivity index (χ1n) is 8.42.